The van der Waals surface area contributed by atoms with Gasteiger partial charge in [0.1, 0.15) is 0 Å². The summed E-state index contributed by atoms with van der Waals surface area (Å²) in [6.07, 6.45) is 0. The molecule has 5 heavy (non-hydrogen) atoms. The normalized spacial score (nSPS) is 12.0. The Morgan fingerprint density at radius 3 is 1.60 bits per heavy atom. The summed E-state index contributed by atoms with van der Waals surface area (Å²) in [5.74, 6) is 0. The predicted octanol–water partition coefficient (Wildman–Crippen LogP) is 0.504. The van der Waals surface area contributed by atoms with Gasteiger partial charge in [-0.15, -0.1) is 0 Å². The van der Waals surface area contributed by atoms with E-state index in [1.165, 1.54) is 0 Å². The molecule has 0 aromatic carbocycles. The predicted molar refractivity (Wildman–Crippen MR) is 33.3 cm³/mol. The maximum absolute atomic E-state index is 5.37. The van der Waals surface area contributed by atoms with Crippen molar-refractivity contribution in [2.24, 2.45) is 0 Å². The van der Waals surface area contributed by atoms with E-state index in [1.54, 1.807) is 0 Å². The Balaban J connectivity index is 2.54. The number of hydrogen-bond acceptors (Lipinski definition) is 0. The van der Waals surface area contributed by atoms with Gasteiger partial charge in [0, 0.05) is 0 Å². The molecule has 32 valence electrons. The molecule has 0 N–H and O–H groups in total. The molecule has 0 saturated carbocycles. The molecule has 0 aliphatic carbocycles. The molecule has 0 amide bonds. The SMILES string of the molecule is [Cl][GeH2][GeH]([Cl])[Cl]. The topological polar surface area (TPSA) is 0 Å². The van der Waals surface area contributed by atoms with E-state index in [2.05, 4.69) is 0 Å². The minimum atomic E-state index is -1.61. The van der Waals surface area contributed by atoms with Crippen LogP contribution >= 0.6 is 30.0 Å². The summed E-state index contributed by atoms with van der Waals surface area (Å²) in [5.41, 5.74) is 0. The van der Waals surface area contributed by atoms with Crippen LogP contribution in [0.2, 0.25) is 0 Å². The van der Waals surface area contributed by atoms with Gasteiger partial charge in [0.15, 0.2) is 0 Å². The fourth-order valence-corrected chi connectivity index (χ4v) is 0. The van der Waals surface area contributed by atoms with Crippen LogP contribution in [0.1, 0.15) is 0 Å². The van der Waals surface area contributed by atoms with Crippen LogP contribution in [0.25, 0.3) is 0 Å². The average molecular weight is 255 g/mol. The zero-order chi connectivity index (χ0) is 4.28. The summed E-state index contributed by atoms with van der Waals surface area (Å²) in [6.45, 7) is 0. The van der Waals surface area contributed by atoms with Gasteiger partial charge in [-0.1, -0.05) is 0 Å². The molecule has 0 radical (unpaired) electrons. The van der Waals surface area contributed by atoms with Crippen molar-refractivity contribution in [2.45, 2.75) is 0 Å². The number of hydrogen-bond donors (Lipinski definition) is 0. The molecule has 0 spiro atoms. The van der Waals surface area contributed by atoms with Crippen LogP contribution in [0.4, 0.5) is 0 Å². The first-order valence-electron chi connectivity index (χ1n) is 1.11. The summed E-state index contributed by atoms with van der Waals surface area (Å²) in [5, 5.41) is 0. The first kappa shape index (κ1) is 6.96. The van der Waals surface area contributed by atoms with E-state index in [-0.39, 0.29) is 0 Å². The monoisotopic (exact) mass is 256 g/mol. The standard InChI is InChI=1S/Cl3Ge2H3/c1-4-5(2)3/h5H,4H2. The second kappa shape index (κ2) is 4.12. The third kappa shape index (κ3) is 5.96. The number of halogens is 3. The van der Waals surface area contributed by atoms with Gasteiger partial charge in [-0.2, -0.15) is 0 Å². The van der Waals surface area contributed by atoms with Crippen LogP contribution in [0, 0.1) is 0 Å². The Hall–Kier alpha value is 1.96. The van der Waals surface area contributed by atoms with Crippen molar-refractivity contribution in [3.63, 3.8) is 0 Å². The summed E-state index contributed by atoms with van der Waals surface area (Å²) >= 11 is -0.796. The van der Waals surface area contributed by atoms with Crippen LogP contribution < -0.4 is 0 Å². The molecule has 0 saturated heterocycles. The fourth-order valence-electron chi connectivity index (χ4n) is 0. The second-order valence-electron chi connectivity index (χ2n) is 0.545. The molecule has 0 nitrogen and oxygen atoms in total. The van der Waals surface area contributed by atoms with Crippen LogP contribution in [0.3, 0.4) is 0 Å². The van der Waals surface area contributed by atoms with Gasteiger partial charge in [-0.05, 0) is 0 Å². The molecule has 0 aromatic heterocycles. The third-order valence-corrected chi connectivity index (χ3v) is 28.3. The molecule has 0 heterocycles. The second-order valence-corrected chi connectivity index (χ2v) is 41.4. The van der Waals surface area contributed by atoms with E-state index in [1.807, 2.05) is 0 Å². The Kier molecular flexibility index (Phi) is 5.74. The van der Waals surface area contributed by atoms with Gasteiger partial charge < -0.3 is 0 Å². The Labute approximate surface area is 52.7 Å². The Bertz CT molecular complexity index is 18.9. The first-order chi connectivity index (χ1) is 2.27. The summed E-state index contributed by atoms with van der Waals surface area (Å²) in [6, 6.07) is 0. The molecule has 0 atom stereocenters. The quantitative estimate of drug-likeness (QED) is 0.598. The average Bonchev–Trinajstić information content (AvgIpc) is 1.38. The number of rotatable bonds is 1. The first-order valence-corrected chi connectivity index (χ1v) is 22.0. The zero-order valence-corrected chi connectivity index (χ0v) is 10.1. The molecule has 5 heteroatoms. The Morgan fingerprint density at radius 1 is 1.40 bits per heavy atom. The molecule has 0 rings (SSSR count). The fraction of sp³-hybridized carbons (Fsp3) is 0. The van der Waals surface area contributed by atoms with Crippen molar-refractivity contribution in [3.05, 3.63) is 0 Å². The zero-order valence-electron chi connectivity index (χ0n) is 2.42. The van der Waals surface area contributed by atoms with Crippen molar-refractivity contribution in [2.75, 3.05) is 0 Å². The van der Waals surface area contributed by atoms with Gasteiger partial charge in [0.05, 0.1) is 0 Å². The van der Waals surface area contributed by atoms with Crippen LogP contribution in [0.15, 0.2) is 0 Å². The maximum atomic E-state index is 5.37. The molecular formula is H3Cl3Ge2. The van der Waals surface area contributed by atoms with Gasteiger partial charge >= 0.3 is 53.1 Å². The van der Waals surface area contributed by atoms with E-state index in [0.717, 1.165) is 0 Å². The minimum absolute atomic E-state index is 0.796. The molecule has 0 unspecified atom stereocenters. The molecule has 0 aliphatic rings. The van der Waals surface area contributed by atoms with Crippen molar-refractivity contribution in [1.82, 2.24) is 0 Å². The van der Waals surface area contributed by atoms with E-state index < -0.39 is 23.1 Å². The van der Waals surface area contributed by atoms with Crippen LogP contribution in [-0.2, 0) is 0 Å². The third-order valence-electron chi connectivity index (χ3n) is 0.117. The van der Waals surface area contributed by atoms with Crippen LogP contribution in [-0.4, -0.2) is 23.1 Å². The van der Waals surface area contributed by atoms with Crippen LogP contribution in [0.5, 0.6) is 0 Å². The van der Waals surface area contributed by atoms with Crippen molar-refractivity contribution in [3.8, 4) is 0 Å². The summed E-state index contributed by atoms with van der Waals surface area (Å²) in [4.78, 5) is 0. The Morgan fingerprint density at radius 2 is 1.60 bits per heavy atom. The van der Waals surface area contributed by atoms with E-state index in [9.17, 15) is 0 Å². The van der Waals surface area contributed by atoms with Gasteiger partial charge in [0.2, 0.25) is 0 Å². The molecule has 0 aliphatic heterocycles. The summed E-state index contributed by atoms with van der Waals surface area (Å²) in [7, 11) is 14.5. The molecule has 0 bridgehead atoms. The summed E-state index contributed by atoms with van der Waals surface area (Å²) < 4.78 is 0. The van der Waals surface area contributed by atoms with E-state index in [4.69, 9.17) is 30.0 Å². The molecular weight excluding hydrogens is 252 g/mol. The van der Waals surface area contributed by atoms with Crippen molar-refractivity contribution >= 4 is 53.1 Å². The van der Waals surface area contributed by atoms with E-state index >= 15 is 0 Å². The van der Waals surface area contributed by atoms with Gasteiger partial charge in [-0.3, -0.25) is 0 Å². The molecule has 0 aromatic rings. The van der Waals surface area contributed by atoms with Crippen molar-refractivity contribution in [1.29, 1.82) is 0 Å². The van der Waals surface area contributed by atoms with E-state index in [0.29, 0.717) is 0 Å². The molecule has 0 fully saturated rings. The van der Waals surface area contributed by atoms with Gasteiger partial charge in [-0.25, -0.2) is 0 Å². The van der Waals surface area contributed by atoms with Crippen molar-refractivity contribution < 1.29 is 0 Å². The van der Waals surface area contributed by atoms with Gasteiger partial charge in [0.25, 0.3) is 0 Å².